The number of amides is 1. The monoisotopic (exact) mass is 350 g/mol. The zero-order valence-electron chi connectivity index (χ0n) is 14.0. The molecule has 130 valence electrons. The van der Waals surface area contributed by atoms with E-state index in [0.29, 0.717) is 28.0 Å². The second-order valence-corrected chi connectivity index (χ2v) is 5.92. The van der Waals surface area contributed by atoms with E-state index in [4.69, 9.17) is 8.94 Å². The molecule has 0 aliphatic carbocycles. The number of aromatic nitrogens is 1. The summed E-state index contributed by atoms with van der Waals surface area (Å²) in [7, 11) is 0. The second kappa shape index (κ2) is 6.48. The van der Waals surface area contributed by atoms with Gasteiger partial charge in [-0.2, -0.15) is 0 Å². The summed E-state index contributed by atoms with van der Waals surface area (Å²) in [5.41, 5.74) is 3.13. The fourth-order valence-corrected chi connectivity index (χ4v) is 2.83. The number of benzene rings is 2. The lowest BCUT2D eigenvalue weighted by Crippen LogP contribution is -2.23. The third kappa shape index (κ3) is 2.86. The third-order valence-corrected chi connectivity index (χ3v) is 4.26. The third-order valence-electron chi connectivity index (χ3n) is 4.26. The standard InChI is InChI=1S/C20H15FN2O3/c1-12-17(23-26-19(12)13-5-3-2-4-6-13)10-22-20(24)16-11-25-18-9-14(21)7-8-15(16)18/h2-9,11H,10H2,1H3,(H,22,24). The normalized spacial score (nSPS) is 11.0. The lowest BCUT2D eigenvalue weighted by Gasteiger charge is -2.02. The molecular formula is C20H15FN2O3. The van der Waals surface area contributed by atoms with Gasteiger partial charge in [-0.1, -0.05) is 35.5 Å². The van der Waals surface area contributed by atoms with Crippen molar-refractivity contribution in [1.82, 2.24) is 10.5 Å². The van der Waals surface area contributed by atoms with Crippen LogP contribution in [0.2, 0.25) is 0 Å². The van der Waals surface area contributed by atoms with Crippen molar-refractivity contribution in [2.45, 2.75) is 13.5 Å². The van der Waals surface area contributed by atoms with Crippen LogP contribution in [0, 0.1) is 12.7 Å². The van der Waals surface area contributed by atoms with Gasteiger partial charge in [-0.25, -0.2) is 4.39 Å². The van der Waals surface area contributed by atoms with E-state index in [1.165, 1.54) is 24.5 Å². The van der Waals surface area contributed by atoms with Gasteiger partial charge in [0.2, 0.25) is 0 Å². The topological polar surface area (TPSA) is 68.3 Å². The maximum Gasteiger partial charge on any atom is 0.255 e. The van der Waals surface area contributed by atoms with Gasteiger partial charge in [-0.15, -0.1) is 0 Å². The van der Waals surface area contributed by atoms with Gasteiger partial charge in [0.05, 0.1) is 12.1 Å². The van der Waals surface area contributed by atoms with Gasteiger partial charge < -0.3 is 14.3 Å². The Morgan fingerprint density at radius 1 is 1.19 bits per heavy atom. The summed E-state index contributed by atoms with van der Waals surface area (Å²) in [6.07, 6.45) is 1.32. The molecule has 2 heterocycles. The molecule has 0 radical (unpaired) electrons. The highest BCUT2D eigenvalue weighted by molar-refractivity contribution is 6.05. The van der Waals surface area contributed by atoms with Crippen LogP contribution in [0.5, 0.6) is 0 Å². The van der Waals surface area contributed by atoms with Crippen molar-refractivity contribution in [3.63, 3.8) is 0 Å². The van der Waals surface area contributed by atoms with Crippen molar-refractivity contribution in [3.05, 3.63) is 77.4 Å². The molecule has 0 atom stereocenters. The number of carbonyl (C=O) groups excluding carboxylic acids is 1. The van der Waals surface area contributed by atoms with Crippen LogP contribution in [0.15, 0.2) is 63.7 Å². The Hall–Kier alpha value is -3.41. The van der Waals surface area contributed by atoms with Crippen molar-refractivity contribution in [1.29, 1.82) is 0 Å². The molecule has 0 unspecified atom stereocenters. The van der Waals surface area contributed by atoms with Gasteiger partial charge in [0.15, 0.2) is 5.76 Å². The highest BCUT2D eigenvalue weighted by Crippen LogP contribution is 2.26. The van der Waals surface area contributed by atoms with Crippen LogP contribution in [0.25, 0.3) is 22.3 Å². The van der Waals surface area contributed by atoms with Crippen molar-refractivity contribution >= 4 is 16.9 Å². The average Bonchev–Trinajstić information content (AvgIpc) is 3.23. The number of nitrogens with one attached hydrogen (secondary N) is 1. The predicted molar refractivity (Wildman–Crippen MR) is 94.0 cm³/mol. The second-order valence-electron chi connectivity index (χ2n) is 5.92. The highest BCUT2D eigenvalue weighted by atomic mass is 19.1. The fraction of sp³-hybridized carbons (Fsp3) is 0.100. The lowest BCUT2D eigenvalue weighted by molar-refractivity contribution is 0.0951. The molecule has 0 fully saturated rings. The van der Waals surface area contributed by atoms with Crippen LogP contribution in [0.4, 0.5) is 4.39 Å². The van der Waals surface area contributed by atoms with E-state index in [0.717, 1.165) is 11.1 Å². The van der Waals surface area contributed by atoms with Crippen LogP contribution in [0.1, 0.15) is 21.6 Å². The Labute approximate surface area is 148 Å². The van der Waals surface area contributed by atoms with Gasteiger partial charge in [0.25, 0.3) is 5.91 Å². The molecule has 2 aromatic carbocycles. The smallest absolute Gasteiger partial charge is 0.255 e. The number of fused-ring (bicyclic) bond motifs is 1. The van der Waals surface area contributed by atoms with Crippen LogP contribution < -0.4 is 5.32 Å². The molecule has 5 nitrogen and oxygen atoms in total. The van der Waals surface area contributed by atoms with Crippen LogP contribution in [-0.4, -0.2) is 11.1 Å². The van der Waals surface area contributed by atoms with Gasteiger partial charge in [0, 0.05) is 22.6 Å². The molecule has 0 aliphatic rings. The quantitative estimate of drug-likeness (QED) is 0.590. The lowest BCUT2D eigenvalue weighted by atomic mass is 10.1. The summed E-state index contributed by atoms with van der Waals surface area (Å²) >= 11 is 0. The molecule has 1 amide bonds. The molecule has 4 aromatic rings. The maximum absolute atomic E-state index is 13.2. The Kier molecular flexibility index (Phi) is 4.01. The molecule has 0 bridgehead atoms. The molecular weight excluding hydrogens is 335 g/mol. The Balaban J connectivity index is 1.52. The number of furan rings is 1. The van der Waals surface area contributed by atoms with Crippen LogP contribution in [-0.2, 0) is 6.54 Å². The molecule has 0 saturated heterocycles. The first-order valence-corrected chi connectivity index (χ1v) is 8.09. The van der Waals surface area contributed by atoms with Crippen molar-refractivity contribution in [2.75, 3.05) is 0 Å². The fourth-order valence-electron chi connectivity index (χ4n) is 2.83. The van der Waals surface area contributed by atoms with Crippen LogP contribution in [0.3, 0.4) is 0 Å². The Morgan fingerprint density at radius 2 is 2.00 bits per heavy atom. The summed E-state index contributed by atoms with van der Waals surface area (Å²) in [5, 5.41) is 7.42. The summed E-state index contributed by atoms with van der Waals surface area (Å²) in [6, 6.07) is 13.7. The van der Waals surface area contributed by atoms with Gasteiger partial charge >= 0.3 is 0 Å². The molecule has 0 spiro atoms. The molecule has 0 saturated carbocycles. The zero-order valence-corrected chi connectivity index (χ0v) is 14.0. The highest BCUT2D eigenvalue weighted by Gasteiger charge is 2.17. The van der Waals surface area contributed by atoms with E-state index >= 15 is 0 Å². The van der Waals surface area contributed by atoms with E-state index in [9.17, 15) is 9.18 Å². The number of halogens is 1. The minimum Gasteiger partial charge on any atom is -0.463 e. The van der Waals surface area contributed by atoms with Crippen molar-refractivity contribution < 1.29 is 18.1 Å². The van der Waals surface area contributed by atoms with Crippen LogP contribution >= 0.6 is 0 Å². The first-order valence-electron chi connectivity index (χ1n) is 8.09. The number of hydrogen-bond donors (Lipinski definition) is 1. The van der Waals surface area contributed by atoms with E-state index in [-0.39, 0.29) is 12.5 Å². The number of hydrogen-bond acceptors (Lipinski definition) is 4. The molecule has 26 heavy (non-hydrogen) atoms. The Bertz CT molecular complexity index is 1080. The first-order chi connectivity index (χ1) is 12.6. The van der Waals surface area contributed by atoms with E-state index < -0.39 is 5.82 Å². The van der Waals surface area contributed by atoms with Gasteiger partial charge in [-0.05, 0) is 19.1 Å². The molecule has 0 aliphatic heterocycles. The molecule has 6 heteroatoms. The summed E-state index contributed by atoms with van der Waals surface area (Å²) < 4.78 is 23.9. The predicted octanol–water partition coefficient (Wildman–Crippen LogP) is 4.47. The summed E-state index contributed by atoms with van der Waals surface area (Å²) in [6.45, 7) is 2.12. The number of carbonyl (C=O) groups is 1. The van der Waals surface area contributed by atoms with E-state index in [1.54, 1.807) is 0 Å². The summed E-state index contributed by atoms with van der Waals surface area (Å²) in [5.74, 6) is -0.0522. The number of nitrogens with zero attached hydrogens (tertiary/aromatic N) is 1. The number of rotatable bonds is 4. The largest absolute Gasteiger partial charge is 0.463 e. The molecule has 4 rings (SSSR count). The van der Waals surface area contributed by atoms with E-state index in [1.807, 2.05) is 37.3 Å². The van der Waals surface area contributed by atoms with Gasteiger partial charge in [-0.3, -0.25) is 4.79 Å². The van der Waals surface area contributed by atoms with Gasteiger partial charge in [0.1, 0.15) is 23.4 Å². The summed E-state index contributed by atoms with van der Waals surface area (Å²) in [4.78, 5) is 12.4. The zero-order chi connectivity index (χ0) is 18.1. The van der Waals surface area contributed by atoms with E-state index in [2.05, 4.69) is 10.5 Å². The molecule has 2 aromatic heterocycles. The minimum atomic E-state index is -0.412. The maximum atomic E-state index is 13.2. The first kappa shape index (κ1) is 16.1. The SMILES string of the molecule is Cc1c(CNC(=O)c2coc3cc(F)ccc23)noc1-c1ccccc1. The van der Waals surface area contributed by atoms with Crippen molar-refractivity contribution in [2.24, 2.45) is 0 Å². The molecule has 1 N–H and O–H groups in total. The Morgan fingerprint density at radius 3 is 2.81 bits per heavy atom. The van der Waals surface area contributed by atoms with Crippen molar-refractivity contribution in [3.8, 4) is 11.3 Å². The average molecular weight is 350 g/mol. The minimum absolute atomic E-state index is 0.217.